The lowest BCUT2D eigenvalue weighted by molar-refractivity contribution is 0.112. The van der Waals surface area contributed by atoms with E-state index in [1.54, 1.807) is 12.3 Å². The fourth-order valence-corrected chi connectivity index (χ4v) is 0.840. The van der Waals surface area contributed by atoms with Gasteiger partial charge in [-0.2, -0.15) is 0 Å². The predicted octanol–water partition coefficient (Wildman–Crippen LogP) is 0.750. The second-order valence-electron chi connectivity index (χ2n) is 2.26. The van der Waals surface area contributed by atoms with Crippen LogP contribution in [-0.2, 0) is 6.42 Å². The molecule has 3 heteroatoms. The van der Waals surface area contributed by atoms with Crippen LogP contribution in [0.15, 0.2) is 17.1 Å². The molecule has 0 aromatic carbocycles. The molecule has 0 amide bonds. The molecule has 1 rings (SSSR count). The number of aryl methyl sites for hydroxylation is 1. The van der Waals surface area contributed by atoms with E-state index in [2.05, 4.69) is 4.98 Å². The first kappa shape index (κ1) is 7.72. The Labute approximate surface area is 64.1 Å². The van der Waals surface area contributed by atoms with Gasteiger partial charge in [-0.05, 0) is 18.1 Å². The Kier molecular flexibility index (Phi) is 2.21. The normalized spacial score (nSPS) is 9.55. The lowest BCUT2D eigenvalue weighted by atomic mass is 10.2. The number of pyridine rings is 1. The third kappa shape index (κ3) is 1.55. The van der Waals surface area contributed by atoms with E-state index < -0.39 is 0 Å². The summed E-state index contributed by atoms with van der Waals surface area (Å²) in [5.41, 5.74) is 0.841. The van der Waals surface area contributed by atoms with E-state index in [0.717, 1.165) is 12.0 Å². The predicted molar refractivity (Wildman–Crippen MR) is 41.8 cm³/mol. The minimum absolute atomic E-state index is 0.198. The van der Waals surface area contributed by atoms with Crippen molar-refractivity contribution in [2.24, 2.45) is 0 Å². The van der Waals surface area contributed by atoms with E-state index in [-0.39, 0.29) is 11.1 Å². The molecule has 1 heterocycles. The number of hydrogen-bond acceptors (Lipinski definition) is 2. The molecule has 1 N–H and O–H groups in total. The number of aromatic amines is 1. The van der Waals surface area contributed by atoms with Crippen molar-refractivity contribution in [2.75, 3.05) is 0 Å². The highest BCUT2D eigenvalue weighted by atomic mass is 16.1. The number of aldehydes is 1. The van der Waals surface area contributed by atoms with Gasteiger partial charge in [0.2, 0.25) is 0 Å². The van der Waals surface area contributed by atoms with Crippen LogP contribution in [0.4, 0.5) is 0 Å². The fourth-order valence-electron chi connectivity index (χ4n) is 0.840. The number of hydrogen-bond donors (Lipinski definition) is 1. The molecule has 0 radical (unpaired) electrons. The molecule has 11 heavy (non-hydrogen) atoms. The number of aromatic nitrogens is 1. The van der Waals surface area contributed by atoms with Gasteiger partial charge < -0.3 is 4.98 Å². The first-order chi connectivity index (χ1) is 5.27. The maximum absolute atomic E-state index is 10.8. The van der Waals surface area contributed by atoms with Gasteiger partial charge in [0, 0.05) is 6.20 Å². The molecule has 0 aliphatic carbocycles. The van der Waals surface area contributed by atoms with Crippen LogP contribution in [0.3, 0.4) is 0 Å². The number of nitrogens with one attached hydrogen (secondary N) is 1. The summed E-state index contributed by atoms with van der Waals surface area (Å²) in [5, 5.41) is 0. The molecule has 0 aliphatic heterocycles. The van der Waals surface area contributed by atoms with E-state index in [0.29, 0.717) is 6.29 Å². The molecule has 0 unspecified atom stereocenters. The van der Waals surface area contributed by atoms with Gasteiger partial charge in [0.05, 0.1) is 5.56 Å². The van der Waals surface area contributed by atoms with Crippen LogP contribution in [0.1, 0.15) is 22.8 Å². The molecule has 1 aromatic rings. The van der Waals surface area contributed by atoms with Gasteiger partial charge in [-0.1, -0.05) is 6.92 Å². The first-order valence-corrected chi connectivity index (χ1v) is 3.44. The molecule has 1 aromatic heterocycles. The first-order valence-electron chi connectivity index (χ1n) is 3.44. The van der Waals surface area contributed by atoms with Crippen molar-refractivity contribution < 1.29 is 4.79 Å². The second-order valence-corrected chi connectivity index (χ2v) is 2.26. The minimum Gasteiger partial charge on any atom is -0.328 e. The summed E-state index contributed by atoms with van der Waals surface area (Å²) in [5.74, 6) is 0. The van der Waals surface area contributed by atoms with Gasteiger partial charge >= 0.3 is 0 Å². The minimum atomic E-state index is -0.322. The highest BCUT2D eigenvalue weighted by Crippen LogP contribution is 1.96. The van der Waals surface area contributed by atoms with Crippen molar-refractivity contribution in [2.45, 2.75) is 13.3 Å². The van der Waals surface area contributed by atoms with Crippen LogP contribution in [0, 0.1) is 0 Å². The summed E-state index contributed by atoms with van der Waals surface area (Å²) in [4.78, 5) is 23.6. The Morgan fingerprint density at radius 3 is 2.91 bits per heavy atom. The smallest absolute Gasteiger partial charge is 0.258 e. The van der Waals surface area contributed by atoms with E-state index in [1.807, 2.05) is 6.92 Å². The molecule has 58 valence electrons. The molecule has 0 aliphatic rings. The summed E-state index contributed by atoms with van der Waals surface area (Å²) in [7, 11) is 0. The van der Waals surface area contributed by atoms with Crippen LogP contribution < -0.4 is 5.56 Å². The zero-order valence-corrected chi connectivity index (χ0v) is 6.26. The van der Waals surface area contributed by atoms with E-state index in [1.165, 1.54) is 0 Å². The Morgan fingerprint density at radius 2 is 2.36 bits per heavy atom. The standard InChI is InChI=1S/C8H9NO2/c1-2-6-3-7(5-10)8(11)9-4-6/h3-5H,2H2,1H3,(H,9,11). The Balaban J connectivity index is 3.23. The van der Waals surface area contributed by atoms with Crippen molar-refractivity contribution >= 4 is 6.29 Å². The average molecular weight is 151 g/mol. The molecular formula is C8H9NO2. The van der Waals surface area contributed by atoms with Crippen molar-refractivity contribution in [3.8, 4) is 0 Å². The Morgan fingerprint density at radius 1 is 1.64 bits per heavy atom. The second kappa shape index (κ2) is 3.14. The molecule has 0 fully saturated rings. The van der Waals surface area contributed by atoms with Gasteiger partial charge in [-0.25, -0.2) is 0 Å². The highest BCUT2D eigenvalue weighted by molar-refractivity contribution is 5.74. The molecule has 0 spiro atoms. The number of H-pyrrole nitrogens is 1. The van der Waals surface area contributed by atoms with Crippen LogP contribution in [0.2, 0.25) is 0 Å². The van der Waals surface area contributed by atoms with E-state index in [9.17, 15) is 9.59 Å². The molecule has 0 saturated heterocycles. The largest absolute Gasteiger partial charge is 0.328 e. The summed E-state index contributed by atoms with van der Waals surface area (Å²) >= 11 is 0. The van der Waals surface area contributed by atoms with E-state index in [4.69, 9.17) is 0 Å². The maximum Gasteiger partial charge on any atom is 0.258 e. The quantitative estimate of drug-likeness (QED) is 0.634. The Bertz CT molecular complexity index is 314. The van der Waals surface area contributed by atoms with Gasteiger partial charge in [-0.3, -0.25) is 9.59 Å². The van der Waals surface area contributed by atoms with Crippen molar-refractivity contribution in [1.82, 2.24) is 4.98 Å². The monoisotopic (exact) mass is 151 g/mol. The summed E-state index contributed by atoms with van der Waals surface area (Å²) in [6, 6.07) is 1.60. The van der Waals surface area contributed by atoms with Gasteiger partial charge in [0.1, 0.15) is 0 Å². The third-order valence-electron chi connectivity index (χ3n) is 1.53. The number of rotatable bonds is 2. The SMILES string of the molecule is CCc1c[nH]c(=O)c(C=O)c1. The van der Waals surface area contributed by atoms with Crippen molar-refractivity contribution in [1.29, 1.82) is 0 Å². The maximum atomic E-state index is 10.8. The van der Waals surface area contributed by atoms with Crippen LogP contribution in [0.5, 0.6) is 0 Å². The summed E-state index contributed by atoms with van der Waals surface area (Å²) in [6.07, 6.45) is 3.00. The van der Waals surface area contributed by atoms with Crippen molar-refractivity contribution in [3.05, 3.63) is 33.7 Å². The van der Waals surface area contributed by atoms with Gasteiger partial charge in [0.15, 0.2) is 6.29 Å². The summed E-state index contributed by atoms with van der Waals surface area (Å²) < 4.78 is 0. The average Bonchev–Trinajstić information content (AvgIpc) is 2.05. The van der Waals surface area contributed by atoms with Crippen LogP contribution >= 0.6 is 0 Å². The molecule has 0 bridgehead atoms. The zero-order valence-electron chi connectivity index (χ0n) is 6.26. The highest BCUT2D eigenvalue weighted by Gasteiger charge is 1.97. The van der Waals surface area contributed by atoms with Crippen LogP contribution in [-0.4, -0.2) is 11.3 Å². The fraction of sp³-hybridized carbons (Fsp3) is 0.250. The van der Waals surface area contributed by atoms with Crippen LogP contribution in [0.25, 0.3) is 0 Å². The zero-order chi connectivity index (χ0) is 8.27. The lowest BCUT2D eigenvalue weighted by Gasteiger charge is -1.94. The number of carbonyl (C=O) groups excluding carboxylic acids is 1. The molecular weight excluding hydrogens is 142 g/mol. The number of carbonyl (C=O) groups is 1. The topological polar surface area (TPSA) is 49.9 Å². The van der Waals surface area contributed by atoms with Crippen molar-refractivity contribution in [3.63, 3.8) is 0 Å². The van der Waals surface area contributed by atoms with Gasteiger partial charge in [0.25, 0.3) is 5.56 Å². The lowest BCUT2D eigenvalue weighted by Crippen LogP contribution is -2.11. The Hall–Kier alpha value is -1.38. The molecule has 0 atom stereocenters. The molecule has 0 saturated carbocycles. The van der Waals surface area contributed by atoms with E-state index >= 15 is 0 Å². The summed E-state index contributed by atoms with van der Waals surface area (Å²) in [6.45, 7) is 1.96. The van der Waals surface area contributed by atoms with Gasteiger partial charge in [-0.15, -0.1) is 0 Å². The third-order valence-corrected chi connectivity index (χ3v) is 1.53. The molecule has 3 nitrogen and oxygen atoms in total.